The molecule has 0 saturated carbocycles. The lowest BCUT2D eigenvalue weighted by Crippen LogP contribution is -2.17. The van der Waals surface area contributed by atoms with Crippen LogP contribution in [-0.4, -0.2) is 31.5 Å². The molecule has 0 unspecified atom stereocenters. The van der Waals surface area contributed by atoms with Gasteiger partial charge in [-0.15, -0.1) is 0 Å². The number of carbonyl (C=O) groups excluding carboxylic acids is 1. The quantitative estimate of drug-likeness (QED) is 0.847. The van der Waals surface area contributed by atoms with Gasteiger partial charge in [0.1, 0.15) is 5.82 Å². The molecule has 2 heterocycles. The fourth-order valence-electron chi connectivity index (χ4n) is 1.65. The molecule has 8 nitrogen and oxygen atoms in total. The predicted octanol–water partition coefficient (Wildman–Crippen LogP) is 1.95. The molecule has 0 aliphatic carbocycles. The topological polar surface area (TPSA) is 111 Å². The van der Waals surface area contributed by atoms with Crippen LogP contribution in [0.1, 0.15) is 37.2 Å². The first-order valence-electron chi connectivity index (χ1n) is 6.67. The van der Waals surface area contributed by atoms with Gasteiger partial charge in [0, 0.05) is 5.41 Å². The summed E-state index contributed by atoms with van der Waals surface area (Å²) in [6.07, 6.45) is 2.74. The molecule has 23 heavy (non-hydrogen) atoms. The highest BCUT2D eigenvalue weighted by Gasteiger charge is 2.22. The second-order valence-electron chi connectivity index (χ2n) is 5.76. The molecule has 0 radical (unpaired) electrons. The molecule has 124 valence electrons. The molecule has 0 amide bonds. The Kier molecular flexibility index (Phi) is 4.42. The van der Waals surface area contributed by atoms with Gasteiger partial charge in [0.05, 0.1) is 25.2 Å². The standard InChI is InChI=1S/C14H17N3O5S/c1-14(2,3)13-15-7-9(8-16-13)17-23(19,20)11-6-5-10(22-11)12(18)21-4/h5-8,17H,1-4H3. The Labute approximate surface area is 133 Å². The normalized spacial score (nSPS) is 12.0. The maximum atomic E-state index is 12.2. The summed E-state index contributed by atoms with van der Waals surface area (Å²) in [5.74, 6) is -0.372. The summed E-state index contributed by atoms with van der Waals surface area (Å²) in [7, 11) is -2.81. The van der Waals surface area contributed by atoms with Crippen molar-refractivity contribution in [2.75, 3.05) is 11.8 Å². The number of nitrogens with zero attached hydrogens (tertiary/aromatic N) is 2. The van der Waals surface area contributed by atoms with E-state index in [0.29, 0.717) is 5.82 Å². The zero-order chi connectivity index (χ0) is 17.3. The monoisotopic (exact) mass is 339 g/mol. The molecule has 2 aromatic rings. The Balaban J connectivity index is 2.21. The third kappa shape index (κ3) is 3.86. The second-order valence-corrected chi connectivity index (χ2v) is 7.37. The Hall–Kier alpha value is -2.42. The van der Waals surface area contributed by atoms with Gasteiger partial charge < -0.3 is 9.15 Å². The number of hydrogen-bond donors (Lipinski definition) is 1. The van der Waals surface area contributed by atoms with Crippen molar-refractivity contribution in [3.8, 4) is 0 Å². The van der Waals surface area contributed by atoms with E-state index in [1.807, 2.05) is 20.8 Å². The molecule has 0 bridgehead atoms. The number of nitrogens with one attached hydrogen (secondary N) is 1. The van der Waals surface area contributed by atoms with Gasteiger partial charge in [-0.1, -0.05) is 20.8 Å². The van der Waals surface area contributed by atoms with Crippen LogP contribution >= 0.6 is 0 Å². The molecule has 2 rings (SSSR count). The Morgan fingerprint density at radius 2 is 1.83 bits per heavy atom. The summed E-state index contributed by atoms with van der Waals surface area (Å²) < 4.78 is 36.1. The van der Waals surface area contributed by atoms with Crippen molar-refractivity contribution in [1.82, 2.24) is 9.97 Å². The number of furan rings is 1. The van der Waals surface area contributed by atoms with E-state index in [-0.39, 0.29) is 16.9 Å². The number of methoxy groups -OCH3 is 1. The van der Waals surface area contributed by atoms with Crippen LogP contribution in [0.25, 0.3) is 0 Å². The third-order valence-electron chi connectivity index (χ3n) is 2.81. The van der Waals surface area contributed by atoms with E-state index in [4.69, 9.17) is 4.42 Å². The van der Waals surface area contributed by atoms with E-state index in [1.54, 1.807) is 0 Å². The van der Waals surface area contributed by atoms with Gasteiger partial charge in [-0.2, -0.15) is 8.42 Å². The van der Waals surface area contributed by atoms with Crippen LogP contribution in [0.5, 0.6) is 0 Å². The van der Waals surface area contributed by atoms with E-state index >= 15 is 0 Å². The van der Waals surface area contributed by atoms with Crippen LogP contribution in [0.15, 0.2) is 34.0 Å². The minimum absolute atomic E-state index is 0.189. The zero-order valence-corrected chi connectivity index (χ0v) is 14.0. The van der Waals surface area contributed by atoms with Crippen molar-refractivity contribution >= 4 is 21.7 Å². The summed E-state index contributed by atoms with van der Waals surface area (Å²) in [6, 6.07) is 2.39. The van der Waals surface area contributed by atoms with E-state index in [1.165, 1.54) is 31.6 Å². The Bertz CT molecular complexity index is 804. The summed E-state index contributed by atoms with van der Waals surface area (Å²) in [4.78, 5) is 19.6. The fourth-order valence-corrected chi connectivity index (χ4v) is 2.61. The van der Waals surface area contributed by atoms with E-state index < -0.39 is 21.1 Å². The van der Waals surface area contributed by atoms with Crippen molar-refractivity contribution in [3.05, 3.63) is 36.1 Å². The van der Waals surface area contributed by atoms with Crippen molar-refractivity contribution in [3.63, 3.8) is 0 Å². The third-order valence-corrected chi connectivity index (χ3v) is 4.06. The number of anilines is 1. The van der Waals surface area contributed by atoms with Gasteiger partial charge in [-0.05, 0) is 12.1 Å². The van der Waals surface area contributed by atoms with Gasteiger partial charge in [0.2, 0.25) is 10.9 Å². The highest BCUT2D eigenvalue weighted by atomic mass is 32.2. The first-order chi connectivity index (χ1) is 10.6. The smallest absolute Gasteiger partial charge is 0.374 e. The number of ether oxygens (including phenoxy) is 1. The number of aromatic nitrogens is 2. The van der Waals surface area contributed by atoms with E-state index in [0.717, 1.165) is 0 Å². The number of esters is 1. The van der Waals surface area contributed by atoms with Crippen LogP contribution in [-0.2, 0) is 20.2 Å². The Morgan fingerprint density at radius 1 is 1.22 bits per heavy atom. The largest absolute Gasteiger partial charge is 0.463 e. The molecule has 0 spiro atoms. The predicted molar refractivity (Wildman–Crippen MR) is 81.6 cm³/mol. The van der Waals surface area contributed by atoms with E-state index in [9.17, 15) is 13.2 Å². The number of hydrogen-bond acceptors (Lipinski definition) is 7. The lowest BCUT2D eigenvalue weighted by molar-refractivity contribution is 0.0559. The number of rotatable bonds is 4. The molecule has 9 heteroatoms. The van der Waals surface area contributed by atoms with Gasteiger partial charge in [0.15, 0.2) is 0 Å². The number of carbonyl (C=O) groups is 1. The van der Waals surface area contributed by atoms with Gasteiger partial charge in [-0.25, -0.2) is 14.8 Å². The van der Waals surface area contributed by atoms with Crippen molar-refractivity contribution < 1.29 is 22.4 Å². The van der Waals surface area contributed by atoms with Crippen LogP contribution < -0.4 is 4.72 Å². The minimum atomic E-state index is -3.99. The van der Waals surface area contributed by atoms with Crippen LogP contribution in [0.3, 0.4) is 0 Å². The van der Waals surface area contributed by atoms with Crippen LogP contribution in [0, 0.1) is 0 Å². The SMILES string of the molecule is COC(=O)c1ccc(S(=O)(=O)Nc2cnc(C(C)(C)C)nc2)o1. The van der Waals surface area contributed by atoms with Crippen molar-refractivity contribution in [2.45, 2.75) is 31.3 Å². The van der Waals surface area contributed by atoms with Gasteiger partial charge >= 0.3 is 5.97 Å². The molecule has 0 saturated heterocycles. The molecular formula is C14H17N3O5S. The summed E-state index contributed by atoms with van der Waals surface area (Å²) >= 11 is 0. The maximum absolute atomic E-state index is 12.2. The molecule has 2 aromatic heterocycles. The molecule has 0 aromatic carbocycles. The van der Waals surface area contributed by atoms with Crippen LogP contribution in [0.4, 0.5) is 5.69 Å². The van der Waals surface area contributed by atoms with Crippen molar-refractivity contribution in [2.24, 2.45) is 0 Å². The molecule has 0 aliphatic heterocycles. The van der Waals surface area contributed by atoms with Crippen molar-refractivity contribution in [1.29, 1.82) is 0 Å². The zero-order valence-electron chi connectivity index (χ0n) is 13.2. The maximum Gasteiger partial charge on any atom is 0.374 e. The Morgan fingerprint density at radius 3 is 2.35 bits per heavy atom. The molecule has 0 aliphatic rings. The van der Waals surface area contributed by atoms with Crippen LogP contribution in [0.2, 0.25) is 0 Å². The van der Waals surface area contributed by atoms with Gasteiger partial charge in [0.25, 0.3) is 10.0 Å². The molecule has 0 atom stereocenters. The highest BCUT2D eigenvalue weighted by Crippen LogP contribution is 2.21. The average molecular weight is 339 g/mol. The number of sulfonamides is 1. The van der Waals surface area contributed by atoms with Gasteiger partial charge in [-0.3, -0.25) is 4.72 Å². The lowest BCUT2D eigenvalue weighted by Gasteiger charge is -2.16. The van der Waals surface area contributed by atoms with E-state index in [2.05, 4.69) is 19.4 Å². The lowest BCUT2D eigenvalue weighted by atomic mass is 9.96. The highest BCUT2D eigenvalue weighted by molar-refractivity contribution is 7.92. The second kappa shape index (κ2) is 5.99. The fraction of sp³-hybridized carbons (Fsp3) is 0.357. The molecule has 0 fully saturated rings. The first-order valence-corrected chi connectivity index (χ1v) is 8.15. The molecular weight excluding hydrogens is 322 g/mol. The first kappa shape index (κ1) is 16.9. The summed E-state index contributed by atoms with van der Waals surface area (Å²) in [5, 5.41) is -0.405. The molecule has 1 N–H and O–H groups in total. The minimum Gasteiger partial charge on any atom is -0.463 e. The summed E-state index contributed by atoms with van der Waals surface area (Å²) in [5.41, 5.74) is -0.0533. The summed E-state index contributed by atoms with van der Waals surface area (Å²) in [6.45, 7) is 5.84. The average Bonchev–Trinajstić information content (AvgIpc) is 2.96.